The first-order valence-electron chi connectivity index (χ1n) is 5.30. The predicted molar refractivity (Wildman–Crippen MR) is 70.1 cm³/mol. The highest BCUT2D eigenvalue weighted by Gasteiger charge is 2.15. The Labute approximate surface area is 107 Å². The van der Waals surface area contributed by atoms with E-state index in [9.17, 15) is 0 Å². The molecule has 1 aromatic rings. The van der Waals surface area contributed by atoms with Crippen LogP contribution in [-0.4, -0.2) is 11.5 Å². The molecule has 15 heavy (non-hydrogen) atoms. The summed E-state index contributed by atoms with van der Waals surface area (Å²) in [6.45, 7) is 1.05. The number of aromatic nitrogens is 1. The topological polar surface area (TPSA) is 24.9 Å². The Morgan fingerprint density at radius 3 is 2.73 bits per heavy atom. The predicted octanol–water partition coefficient (Wildman–Crippen LogP) is 4.21. The van der Waals surface area contributed by atoms with Crippen molar-refractivity contribution in [2.45, 2.75) is 25.7 Å². The van der Waals surface area contributed by atoms with Crippen LogP contribution < -0.4 is 5.32 Å². The number of hydrogen-bond acceptors (Lipinski definition) is 2. The van der Waals surface area contributed by atoms with E-state index in [1.807, 2.05) is 12.3 Å². The molecule has 0 bridgehead atoms. The van der Waals surface area contributed by atoms with Gasteiger partial charge in [0.2, 0.25) is 0 Å². The van der Waals surface area contributed by atoms with Crippen LogP contribution in [0.3, 0.4) is 0 Å². The SMILES string of the molecule is Brc1cnc(NCC2CCCC2)c(Br)c1. The van der Waals surface area contributed by atoms with Crippen molar-refractivity contribution in [2.75, 3.05) is 11.9 Å². The third-order valence-corrected chi connectivity index (χ3v) is 3.88. The standard InChI is InChI=1S/C11H14Br2N2/c12-9-5-10(13)11(15-7-9)14-6-8-3-1-2-4-8/h5,7-8H,1-4,6H2,(H,14,15). The summed E-state index contributed by atoms with van der Waals surface area (Å²) in [7, 11) is 0. The lowest BCUT2D eigenvalue weighted by Crippen LogP contribution is -2.12. The third-order valence-electron chi connectivity index (χ3n) is 2.84. The highest BCUT2D eigenvalue weighted by Crippen LogP contribution is 2.27. The molecule has 1 fully saturated rings. The summed E-state index contributed by atoms with van der Waals surface area (Å²) in [5, 5.41) is 3.40. The summed E-state index contributed by atoms with van der Waals surface area (Å²) < 4.78 is 2.02. The van der Waals surface area contributed by atoms with Crippen molar-refractivity contribution in [3.63, 3.8) is 0 Å². The fourth-order valence-corrected chi connectivity index (χ4v) is 3.13. The first kappa shape index (κ1) is 11.4. The van der Waals surface area contributed by atoms with E-state index in [1.54, 1.807) is 0 Å². The number of rotatable bonds is 3. The summed E-state index contributed by atoms with van der Waals surface area (Å²) >= 11 is 6.90. The summed E-state index contributed by atoms with van der Waals surface area (Å²) in [6.07, 6.45) is 7.33. The van der Waals surface area contributed by atoms with Crippen molar-refractivity contribution < 1.29 is 0 Å². The van der Waals surface area contributed by atoms with Crippen molar-refractivity contribution in [1.29, 1.82) is 0 Å². The molecule has 0 atom stereocenters. The molecular formula is C11H14Br2N2. The van der Waals surface area contributed by atoms with Gasteiger partial charge in [-0.2, -0.15) is 0 Å². The Morgan fingerprint density at radius 2 is 2.07 bits per heavy atom. The monoisotopic (exact) mass is 332 g/mol. The van der Waals surface area contributed by atoms with Gasteiger partial charge >= 0.3 is 0 Å². The Morgan fingerprint density at radius 1 is 1.33 bits per heavy atom. The Hall–Kier alpha value is -0.0900. The highest BCUT2D eigenvalue weighted by molar-refractivity contribution is 9.11. The largest absolute Gasteiger partial charge is 0.369 e. The van der Waals surface area contributed by atoms with Gasteiger partial charge in [-0.3, -0.25) is 0 Å². The zero-order valence-electron chi connectivity index (χ0n) is 8.47. The second-order valence-corrected chi connectivity index (χ2v) is 5.79. The minimum atomic E-state index is 0.836. The number of anilines is 1. The molecule has 4 heteroatoms. The second-order valence-electron chi connectivity index (χ2n) is 4.02. The highest BCUT2D eigenvalue weighted by atomic mass is 79.9. The smallest absolute Gasteiger partial charge is 0.140 e. The van der Waals surface area contributed by atoms with Gasteiger partial charge in [-0.05, 0) is 56.7 Å². The number of nitrogens with zero attached hydrogens (tertiary/aromatic N) is 1. The second kappa shape index (κ2) is 5.30. The number of halogens is 2. The fraction of sp³-hybridized carbons (Fsp3) is 0.545. The average molecular weight is 334 g/mol. The molecule has 82 valence electrons. The van der Waals surface area contributed by atoms with Crippen molar-refractivity contribution in [3.8, 4) is 0 Å². The van der Waals surface area contributed by atoms with E-state index in [4.69, 9.17) is 0 Å². The summed E-state index contributed by atoms with van der Waals surface area (Å²) in [5.74, 6) is 1.78. The van der Waals surface area contributed by atoms with E-state index in [0.29, 0.717) is 0 Å². The maximum Gasteiger partial charge on any atom is 0.140 e. The zero-order chi connectivity index (χ0) is 10.7. The quantitative estimate of drug-likeness (QED) is 0.896. The average Bonchev–Trinajstić information content (AvgIpc) is 2.69. The van der Waals surface area contributed by atoms with Crippen LogP contribution in [0, 0.1) is 5.92 Å². The molecule has 0 radical (unpaired) electrons. The van der Waals surface area contributed by atoms with Gasteiger partial charge in [0.25, 0.3) is 0 Å². The maximum absolute atomic E-state index is 4.33. The molecule has 1 aromatic heterocycles. The minimum absolute atomic E-state index is 0.836. The van der Waals surface area contributed by atoms with Gasteiger partial charge in [0.15, 0.2) is 0 Å². The summed E-state index contributed by atoms with van der Waals surface area (Å²) in [6, 6.07) is 2.02. The van der Waals surface area contributed by atoms with Gasteiger partial charge in [0.1, 0.15) is 5.82 Å². The molecule has 0 unspecified atom stereocenters. The first-order valence-corrected chi connectivity index (χ1v) is 6.89. The van der Waals surface area contributed by atoms with Crippen LogP contribution in [-0.2, 0) is 0 Å². The third kappa shape index (κ3) is 3.18. The molecule has 1 saturated carbocycles. The maximum atomic E-state index is 4.33. The van der Waals surface area contributed by atoms with Gasteiger partial charge < -0.3 is 5.32 Å². The van der Waals surface area contributed by atoms with Crippen LogP contribution in [0.1, 0.15) is 25.7 Å². The normalized spacial score (nSPS) is 16.9. The molecule has 0 aromatic carbocycles. The Bertz CT molecular complexity index is 335. The lowest BCUT2D eigenvalue weighted by Gasteiger charge is -2.12. The molecule has 1 aliphatic carbocycles. The number of nitrogens with one attached hydrogen (secondary N) is 1. The van der Waals surface area contributed by atoms with E-state index >= 15 is 0 Å². The van der Waals surface area contributed by atoms with Crippen LogP contribution in [0.2, 0.25) is 0 Å². The van der Waals surface area contributed by atoms with Crippen LogP contribution in [0.25, 0.3) is 0 Å². The molecule has 0 saturated heterocycles. The summed E-state index contributed by atoms with van der Waals surface area (Å²) in [4.78, 5) is 4.33. The molecule has 0 spiro atoms. The van der Waals surface area contributed by atoms with Crippen molar-refractivity contribution in [1.82, 2.24) is 4.98 Å². The lowest BCUT2D eigenvalue weighted by atomic mass is 10.1. The van der Waals surface area contributed by atoms with E-state index in [1.165, 1.54) is 25.7 Å². The summed E-state index contributed by atoms with van der Waals surface area (Å²) in [5.41, 5.74) is 0. The van der Waals surface area contributed by atoms with Crippen LogP contribution in [0.15, 0.2) is 21.2 Å². The first-order chi connectivity index (χ1) is 7.25. The fourth-order valence-electron chi connectivity index (χ4n) is 2.00. The Balaban J connectivity index is 1.92. The van der Waals surface area contributed by atoms with Crippen molar-refractivity contribution in [3.05, 3.63) is 21.2 Å². The Kier molecular flexibility index (Phi) is 4.03. The van der Waals surface area contributed by atoms with Crippen LogP contribution in [0.5, 0.6) is 0 Å². The molecule has 1 aliphatic rings. The van der Waals surface area contributed by atoms with Gasteiger partial charge in [-0.15, -0.1) is 0 Å². The number of hydrogen-bond donors (Lipinski definition) is 1. The zero-order valence-corrected chi connectivity index (χ0v) is 11.6. The molecule has 2 rings (SSSR count). The molecule has 1 N–H and O–H groups in total. The molecule has 1 heterocycles. The molecule has 2 nitrogen and oxygen atoms in total. The lowest BCUT2D eigenvalue weighted by molar-refractivity contribution is 0.579. The van der Waals surface area contributed by atoms with Gasteiger partial charge in [0, 0.05) is 17.2 Å². The van der Waals surface area contributed by atoms with E-state index in [-0.39, 0.29) is 0 Å². The van der Waals surface area contributed by atoms with Crippen molar-refractivity contribution >= 4 is 37.7 Å². The van der Waals surface area contributed by atoms with E-state index in [0.717, 1.165) is 27.2 Å². The molecular weight excluding hydrogens is 320 g/mol. The van der Waals surface area contributed by atoms with Crippen molar-refractivity contribution in [2.24, 2.45) is 5.92 Å². The van der Waals surface area contributed by atoms with E-state index < -0.39 is 0 Å². The van der Waals surface area contributed by atoms with Crippen LogP contribution in [0.4, 0.5) is 5.82 Å². The van der Waals surface area contributed by atoms with Gasteiger partial charge in [-0.1, -0.05) is 12.8 Å². The molecule has 0 amide bonds. The molecule has 0 aliphatic heterocycles. The van der Waals surface area contributed by atoms with Gasteiger partial charge in [0.05, 0.1) is 4.47 Å². The van der Waals surface area contributed by atoms with Crippen LogP contribution >= 0.6 is 31.9 Å². The van der Waals surface area contributed by atoms with Gasteiger partial charge in [-0.25, -0.2) is 4.98 Å². The number of pyridine rings is 1. The minimum Gasteiger partial charge on any atom is -0.369 e. The van der Waals surface area contributed by atoms with E-state index in [2.05, 4.69) is 42.2 Å².